The van der Waals surface area contributed by atoms with Gasteiger partial charge in [0.15, 0.2) is 0 Å². The molecule has 0 aromatic heterocycles. The molecular weight excluding hydrogens is 444 g/mol. The Labute approximate surface area is 193 Å². The summed E-state index contributed by atoms with van der Waals surface area (Å²) in [6.07, 6.45) is -0.0409. The number of nitrogens with one attached hydrogen (secondary N) is 1. The molecule has 0 fully saturated rings. The van der Waals surface area contributed by atoms with Crippen molar-refractivity contribution in [3.05, 3.63) is 65.2 Å². The average molecular weight is 471 g/mol. The first-order valence-electron chi connectivity index (χ1n) is 10.7. The molecule has 174 valence electrons. The molecule has 0 radical (unpaired) electrons. The van der Waals surface area contributed by atoms with Crippen molar-refractivity contribution in [3.8, 4) is 0 Å². The van der Waals surface area contributed by atoms with Crippen molar-refractivity contribution in [2.45, 2.75) is 19.0 Å². The van der Waals surface area contributed by atoms with Crippen LogP contribution in [0.3, 0.4) is 0 Å². The Morgan fingerprint density at radius 1 is 1.00 bits per heavy atom. The molecule has 2 aliphatic rings. The zero-order valence-electron chi connectivity index (χ0n) is 18.5. The van der Waals surface area contributed by atoms with Crippen LogP contribution in [0.5, 0.6) is 0 Å². The Morgan fingerprint density at radius 3 is 2.39 bits per heavy atom. The molecule has 2 aliphatic heterocycles. The second-order valence-corrected chi connectivity index (χ2v) is 10.5. The van der Waals surface area contributed by atoms with Crippen LogP contribution in [0, 0.1) is 0 Å². The van der Waals surface area contributed by atoms with Crippen molar-refractivity contribution in [2.24, 2.45) is 0 Å². The van der Waals surface area contributed by atoms with Crippen molar-refractivity contribution in [1.29, 1.82) is 0 Å². The van der Waals surface area contributed by atoms with E-state index in [9.17, 15) is 22.8 Å². The van der Waals surface area contributed by atoms with E-state index in [4.69, 9.17) is 0 Å². The molecule has 0 saturated carbocycles. The number of benzene rings is 2. The van der Waals surface area contributed by atoms with Crippen molar-refractivity contribution >= 4 is 33.4 Å². The molecule has 4 rings (SSSR count). The first-order valence-corrected chi connectivity index (χ1v) is 12.3. The molecule has 0 aliphatic carbocycles. The zero-order valence-corrected chi connectivity index (χ0v) is 19.3. The summed E-state index contributed by atoms with van der Waals surface area (Å²) in [5, 5.41) is 2.61. The van der Waals surface area contributed by atoms with Crippen molar-refractivity contribution in [3.63, 3.8) is 0 Å². The van der Waals surface area contributed by atoms with E-state index in [2.05, 4.69) is 5.32 Å². The number of hydrogen-bond acceptors (Lipinski definition) is 5. The number of rotatable bonds is 8. The third kappa shape index (κ3) is 4.23. The fourth-order valence-corrected chi connectivity index (χ4v) is 4.92. The number of amides is 3. The minimum atomic E-state index is -3.38. The van der Waals surface area contributed by atoms with E-state index in [0.717, 1.165) is 9.87 Å². The number of carbonyl (C=O) groups excluding carboxylic acids is 3. The van der Waals surface area contributed by atoms with Gasteiger partial charge in [0, 0.05) is 44.7 Å². The Balaban J connectivity index is 1.46. The van der Waals surface area contributed by atoms with Gasteiger partial charge in [0.25, 0.3) is 11.8 Å². The lowest BCUT2D eigenvalue weighted by Crippen LogP contribution is -2.48. The summed E-state index contributed by atoms with van der Waals surface area (Å²) < 4.78 is 24.7. The number of carbonyl (C=O) groups is 3. The summed E-state index contributed by atoms with van der Waals surface area (Å²) in [6, 6.07) is 14.3. The number of hydrogen-bond donors (Lipinski definition) is 1. The molecule has 0 saturated heterocycles. The van der Waals surface area contributed by atoms with E-state index < -0.39 is 16.2 Å². The van der Waals surface area contributed by atoms with Gasteiger partial charge < -0.3 is 10.2 Å². The third-order valence-corrected chi connectivity index (χ3v) is 7.76. The summed E-state index contributed by atoms with van der Waals surface area (Å²) in [5.41, 5.74) is 2.37. The molecule has 10 heteroatoms. The van der Waals surface area contributed by atoms with E-state index in [1.54, 1.807) is 46.2 Å². The van der Waals surface area contributed by atoms with Gasteiger partial charge in [-0.05, 0) is 24.6 Å². The summed E-state index contributed by atoms with van der Waals surface area (Å²) >= 11 is 0. The fourth-order valence-electron chi connectivity index (χ4n) is 4.20. The smallest absolute Gasteiger partial charge is 0.260 e. The van der Waals surface area contributed by atoms with Gasteiger partial charge in [-0.15, -0.1) is 0 Å². The number of fused-ring (bicyclic) bond motifs is 5. The normalized spacial score (nSPS) is 17.1. The van der Waals surface area contributed by atoms with Gasteiger partial charge in [0.05, 0.1) is 17.0 Å². The standard InChI is InChI=1S/C23H26N4O5S/c1-25(2)33(31,32)15-13-24-20(28)12-7-14-26-21-16-8-3-4-9-17(16)23(30)27(21)19-11-6-5-10-18(19)22(26)29/h3-6,8-11,21H,7,12-15H2,1-2H3,(H,24,28)/t21-/m0/s1. The minimum absolute atomic E-state index is 0.0215. The fraction of sp³-hybridized carbons (Fsp3) is 0.348. The number of nitrogens with zero attached hydrogens (tertiary/aromatic N) is 3. The Hall–Kier alpha value is -3.24. The lowest BCUT2D eigenvalue weighted by atomic mass is 10.0. The second kappa shape index (κ2) is 8.95. The average Bonchev–Trinajstić information content (AvgIpc) is 3.08. The van der Waals surface area contributed by atoms with Crippen LogP contribution in [0.25, 0.3) is 0 Å². The van der Waals surface area contributed by atoms with Crippen LogP contribution in [-0.4, -0.2) is 68.3 Å². The minimum Gasteiger partial charge on any atom is -0.355 e. The zero-order chi connectivity index (χ0) is 23.8. The number of anilines is 1. The van der Waals surface area contributed by atoms with E-state index >= 15 is 0 Å². The van der Waals surface area contributed by atoms with Gasteiger partial charge in [-0.2, -0.15) is 0 Å². The maximum Gasteiger partial charge on any atom is 0.260 e. The van der Waals surface area contributed by atoms with Crippen LogP contribution in [0.4, 0.5) is 5.69 Å². The molecule has 3 amide bonds. The summed E-state index contributed by atoms with van der Waals surface area (Å²) in [7, 11) is -0.493. The maximum atomic E-state index is 13.3. The Kier molecular flexibility index (Phi) is 6.22. The highest BCUT2D eigenvalue weighted by Gasteiger charge is 2.47. The van der Waals surface area contributed by atoms with E-state index in [-0.39, 0.29) is 43.0 Å². The highest BCUT2D eigenvalue weighted by molar-refractivity contribution is 7.89. The number of sulfonamides is 1. The molecule has 2 aromatic rings. The molecule has 9 nitrogen and oxygen atoms in total. The van der Waals surface area contributed by atoms with Gasteiger partial charge in [0.1, 0.15) is 6.17 Å². The molecule has 2 aromatic carbocycles. The molecule has 2 heterocycles. The van der Waals surface area contributed by atoms with Gasteiger partial charge in [-0.3, -0.25) is 19.3 Å². The van der Waals surface area contributed by atoms with Crippen LogP contribution < -0.4 is 10.2 Å². The highest BCUT2D eigenvalue weighted by Crippen LogP contribution is 2.45. The van der Waals surface area contributed by atoms with Crippen LogP contribution >= 0.6 is 0 Å². The quantitative estimate of drug-likeness (QED) is 0.631. The van der Waals surface area contributed by atoms with Gasteiger partial charge in [-0.25, -0.2) is 12.7 Å². The molecule has 0 spiro atoms. The topological polar surface area (TPSA) is 107 Å². The molecule has 0 bridgehead atoms. The van der Waals surface area contributed by atoms with Gasteiger partial charge in [0.2, 0.25) is 15.9 Å². The highest BCUT2D eigenvalue weighted by atomic mass is 32.2. The monoisotopic (exact) mass is 470 g/mol. The van der Waals surface area contributed by atoms with Crippen LogP contribution in [0.15, 0.2) is 48.5 Å². The summed E-state index contributed by atoms with van der Waals surface area (Å²) in [6.45, 7) is 0.299. The molecule has 0 unspecified atom stereocenters. The molecule has 1 N–H and O–H groups in total. The van der Waals surface area contributed by atoms with Crippen LogP contribution in [0.1, 0.15) is 45.3 Å². The van der Waals surface area contributed by atoms with Gasteiger partial charge in [-0.1, -0.05) is 30.3 Å². The van der Waals surface area contributed by atoms with Crippen molar-refractivity contribution < 1.29 is 22.8 Å². The van der Waals surface area contributed by atoms with E-state index in [1.165, 1.54) is 14.1 Å². The van der Waals surface area contributed by atoms with Crippen LogP contribution in [-0.2, 0) is 14.8 Å². The predicted octanol–water partition coefficient (Wildman–Crippen LogP) is 1.59. The van der Waals surface area contributed by atoms with Crippen molar-refractivity contribution in [1.82, 2.24) is 14.5 Å². The largest absolute Gasteiger partial charge is 0.355 e. The summed E-state index contributed by atoms with van der Waals surface area (Å²) in [4.78, 5) is 42.0. The second-order valence-electron chi connectivity index (χ2n) is 8.20. The SMILES string of the molecule is CN(C)S(=O)(=O)CCNC(=O)CCCN1C(=O)c2ccccc2N2C(=O)c3ccccc3[C@@H]12. The maximum absolute atomic E-state index is 13.3. The Bertz CT molecular complexity index is 1210. The Morgan fingerprint density at radius 2 is 1.67 bits per heavy atom. The molecular formula is C23H26N4O5S. The lowest BCUT2D eigenvalue weighted by molar-refractivity contribution is -0.121. The summed E-state index contributed by atoms with van der Waals surface area (Å²) in [5.74, 6) is -0.800. The molecule has 1 atom stereocenters. The van der Waals surface area contributed by atoms with E-state index in [0.29, 0.717) is 23.2 Å². The lowest BCUT2D eigenvalue weighted by Gasteiger charge is -2.41. The van der Waals surface area contributed by atoms with E-state index in [1.807, 2.05) is 12.1 Å². The number of para-hydroxylation sites is 1. The predicted molar refractivity (Wildman–Crippen MR) is 123 cm³/mol. The van der Waals surface area contributed by atoms with Gasteiger partial charge >= 0.3 is 0 Å². The van der Waals surface area contributed by atoms with Crippen molar-refractivity contribution in [2.75, 3.05) is 37.8 Å². The molecule has 33 heavy (non-hydrogen) atoms. The first kappa shape index (κ1) is 22.9. The third-order valence-electron chi connectivity index (χ3n) is 5.92. The van der Waals surface area contributed by atoms with Crippen LogP contribution in [0.2, 0.25) is 0 Å². The first-order chi connectivity index (χ1) is 15.7.